The molecule has 0 amide bonds. The minimum atomic E-state index is -3.11. The van der Waals surface area contributed by atoms with Crippen LogP contribution in [0.3, 0.4) is 0 Å². The summed E-state index contributed by atoms with van der Waals surface area (Å²) < 4.78 is 33.2. The van der Waals surface area contributed by atoms with E-state index >= 15 is 0 Å². The standard InChI is InChI=1S/Ni.H2O3S.H2O.O/c;1-4(2)3;;/h;(H2,1,2,3);1H2;/q+2;;;/p-2. The minimum absolute atomic E-state index is 0. The van der Waals surface area contributed by atoms with Crippen molar-refractivity contribution < 1.29 is 38.1 Å². The van der Waals surface area contributed by atoms with Gasteiger partial charge in [-0.15, -0.1) is 11.4 Å². The molecule has 0 aliphatic rings. The Labute approximate surface area is 50.1 Å². The zero-order valence-electron chi connectivity index (χ0n) is 2.86. The third-order valence-corrected chi connectivity index (χ3v) is 0. The first-order valence-corrected chi connectivity index (χ1v) is 2.03. The fourth-order valence-electron chi connectivity index (χ4n) is 0. The van der Waals surface area contributed by atoms with Crippen molar-refractivity contribution in [2.75, 3.05) is 0 Å². The van der Waals surface area contributed by atoms with Crippen LogP contribution in [0, 0.1) is 0 Å². The van der Waals surface area contributed by atoms with Gasteiger partial charge in [0, 0.05) is 0 Å². The Kier molecular flexibility index (Phi) is 36.3. The maximum absolute atomic E-state index is 8.44. The van der Waals surface area contributed by atoms with Crippen LogP contribution in [0.25, 0.3) is 0 Å². The molecule has 0 radical (unpaired) electrons. The SMILES string of the molecule is O.O=S([O-])[O-].[O]=[Ni+2]. The van der Waals surface area contributed by atoms with Gasteiger partial charge < -0.3 is 14.6 Å². The van der Waals surface area contributed by atoms with Gasteiger partial charge in [0.15, 0.2) is 0 Å². The molecule has 0 bridgehead atoms. The Morgan fingerprint density at radius 3 is 1.29 bits per heavy atom. The monoisotopic (exact) mass is 172 g/mol. The Hall–Kier alpha value is 0.324. The van der Waals surface area contributed by atoms with E-state index in [2.05, 4.69) is 15.4 Å². The van der Waals surface area contributed by atoms with Gasteiger partial charge in [0.05, 0.1) is 0 Å². The van der Waals surface area contributed by atoms with Crippen molar-refractivity contribution in [2.24, 2.45) is 0 Å². The first-order valence-electron chi connectivity index (χ1n) is 0.629. The van der Waals surface area contributed by atoms with Gasteiger partial charge in [0.2, 0.25) is 0 Å². The first-order chi connectivity index (χ1) is 2.73. The van der Waals surface area contributed by atoms with Crippen LogP contribution in [-0.2, 0) is 30.7 Å². The summed E-state index contributed by atoms with van der Waals surface area (Å²) in [4.78, 5) is 0. The van der Waals surface area contributed by atoms with Crippen molar-refractivity contribution in [1.29, 1.82) is 0 Å². The summed E-state index contributed by atoms with van der Waals surface area (Å²) in [5, 5.41) is 0. The van der Waals surface area contributed by atoms with Crippen molar-refractivity contribution in [2.45, 2.75) is 0 Å². The molecule has 7 heteroatoms. The van der Waals surface area contributed by atoms with Crippen LogP contribution in [-0.4, -0.2) is 18.8 Å². The predicted molar refractivity (Wildman–Crippen MR) is 14.0 cm³/mol. The van der Waals surface area contributed by atoms with Crippen LogP contribution in [0.1, 0.15) is 0 Å². The van der Waals surface area contributed by atoms with Gasteiger partial charge in [0.25, 0.3) is 0 Å². The van der Waals surface area contributed by atoms with Crippen LogP contribution >= 0.6 is 0 Å². The third kappa shape index (κ3) is 1130. The topological polar surface area (TPSA) is 112 Å². The molecule has 0 fully saturated rings. The van der Waals surface area contributed by atoms with E-state index in [9.17, 15) is 0 Å². The van der Waals surface area contributed by atoms with Crippen LogP contribution in [0.15, 0.2) is 0 Å². The fourth-order valence-corrected chi connectivity index (χ4v) is 0. The molecule has 0 aliphatic carbocycles. The zero-order valence-corrected chi connectivity index (χ0v) is 4.66. The van der Waals surface area contributed by atoms with Crippen molar-refractivity contribution in [3.8, 4) is 0 Å². The normalized spacial score (nSPS) is 5.71. The van der Waals surface area contributed by atoms with Gasteiger partial charge in [-0.25, -0.2) is 0 Å². The second-order valence-corrected chi connectivity index (χ2v) is 0.612. The van der Waals surface area contributed by atoms with Crippen molar-refractivity contribution in [3.63, 3.8) is 0 Å². The molecule has 48 valence electrons. The van der Waals surface area contributed by atoms with Gasteiger partial charge in [-0.2, -0.15) is 0 Å². The van der Waals surface area contributed by atoms with Gasteiger partial charge in [0.1, 0.15) is 0 Å². The van der Waals surface area contributed by atoms with E-state index in [1.807, 2.05) is 0 Å². The average Bonchev–Trinajstić information content (AvgIpc) is 1.41. The number of rotatable bonds is 0. The molecule has 7 heavy (non-hydrogen) atoms. The maximum atomic E-state index is 8.44. The molecule has 0 aromatic heterocycles. The number of hydrogen-bond acceptors (Lipinski definition) is 4. The molecule has 5 nitrogen and oxygen atoms in total. The van der Waals surface area contributed by atoms with Gasteiger partial charge in [-0.1, -0.05) is 0 Å². The van der Waals surface area contributed by atoms with Gasteiger partial charge >= 0.3 is 19.3 Å². The molecule has 0 aromatic carbocycles. The average molecular weight is 173 g/mol. The molecule has 0 saturated heterocycles. The molecular formula is H2NiO5S. The second kappa shape index (κ2) is 16.2. The number of hydrogen-bond donors (Lipinski definition) is 0. The zero-order chi connectivity index (χ0) is 5.58. The summed E-state index contributed by atoms with van der Waals surface area (Å²) in [6.07, 6.45) is 0. The summed E-state index contributed by atoms with van der Waals surface area (Å²) in [6.45, 7) is 0. The Morgan fingerprint density at radius 1 is 1.29 bits per heavy atom. The summed E-state index contributed by atoms with van der Waals surface area (Å²) >= 11 is -0.486. The summed E-state index contributed by atoms with van der Waals surface area (Å²) in [7, 11) is 0. The molecular weight excluding hydrogens is 171 g/mol. The molecule has 0 saturated carbocycles. The Morgan fingerprint density at radius 2 is 1.29 bits per heavy atom. The molecule has 0 aromatic rings. The van der Waals surface area contributed by atoms with Gasteiger partial charge in [-0.3, -0.25) is 4.21 Å². The van der Waals surface area contributed by atoms with E-state index in [1.165, 1.54) is 0 Å². The van der Waals surface area contributed by atoms with Crippen LogP contribution in [0.5, 0.6) is 0 Å². The molecule has 0 spiro atoms. The summed E-state index contributed by atoms with van der Waals surface area (Å²) in [6, 6.07) is 0. The molecule has 2 N–H and O–H groups in total. The molecule has 0 atom stereocenters. The van der Waals surface area contributed by atoms with Crippen molar-refractivity contribution in [3.05, 3.63) is 0 Å². The summed E-state index contributed by atoms with van der Waals surface area (Å²) in [5.41, 5.74) is 0. The first kappa shape index (κ1) is 15.7. The van der Waals surface area contributed by atoms with Crippen LogP contribution < -0.4 is 0 Å². The van der Waals surface area contributed by atoms with E-state index < -0.39 is 11.4 Å². The van der Waals surface area contributed by atoms with E-state index in [0.29, 0.717) is 0 Å². The molecule has 0 unspecified atom stereocenters. The molecule has 0 aliphatic heterocycles. The van der Waals surface area contributed by atoms with Gasteiger partial charge in [-0.05, 0) is 0 Å². The molecule has 0 heterocycles. The van der Waals surface area contributed by atoms with E-state index in [1.54, 1.807) is 0 Å². The van der Waals surface area contributed by atoms with Crippen molar-refractivity contribution >= 4 is 11.4 Å². The van der Waals surface area contributed by atoms with E-state index in [4.69, 9.17) is 17.2 Å². The van der Waals surface area contributed by atoms with E-state index in [-0.39, 0.29) is 5.48 Å². The Balaban J connectivity index is -0.0000000480. The second-order valence-electron chi connectivity index (χ2n) is 0.204. The van der Waals surface area contributed by atoms with E-state index in [0.717, 1.165) is 0 Å². The van der Waals surface area contributed by atoms with Crippen LogP contribution in [0.2, 0.25) is 0 Å². The van der Waals surface area contributed by atoms with Crippen LogP contribution in [0.4, 0.5) is 0 Å². The quantitative estimate of drug-likeness (QED) is 0.312. The predicted octanol–water partition coefficient (Wildman–Crippen LogP) is -1.95. The summed E-state index contributed by atoms with van der Waals surface area (Å²) in [5.74, 6) is 0. The Bertz CT molecular complexity index is 39.3. The molecule has 0 rings (SSSR count). The van der Waals surface area contributed by atoms with Crippen molar-refractivity contribution in [1.82, 2.24) is 0 Å². The fraction of sp³-hybridized carbons (Fsp3) is 0. The third-order valence-electron chi connectivity index (χ3n) is 0.